The van der Waals surface area contributed by atoms with Gasteiger partial charge in [0.15, 0.2) is 11.4 Å². The van der Waals surface area contributed by atoms with Crippen molar-refractivity contribution in [1.82, 2.24) is 4.90 Å². The zero-order chi connectivity index (χ0) is 36.3. The molecule has 0 aliphatic heterocycles. The van der Waals surface area contributed by atoms with Gasteiger partial charge in [-0.25, -0.2) is 8.42 Å². The Morgan fingerprint density at radius 3 is 2.28 bits per heavy atom. The minimum atomic E-state index is -3.15. The van der Waals surface area contributed by atoms with Crippen LogP contribution in [-0.2, 0) is 38.8 Å². The number of carbonyl (C=O) groups excluding carboxylic acids is 1. The average Bonchev–Trinajstić information content (AvgIpc) is 3.91. The number of sulfone groups is 1. The molecule has 4 rings (SSSR count). The molecule has 1 amide bonds. The molecule has 3 aromatic rings. The summed E-state index contributed by atoms with van der Waals surface area (Å²) in [6.07, 6.45) is 4.75. The van der Waals surface area contributed by atoms with E-state index in [0.717, 1.165) is 40.5 Å². The molecule has 1 unspecified atom stereocenters. The lowest BCUT2D eigenvalue weighted by atomic mass is 9.97. The van der Waals surface area contributed by atoms with Crippen LogP contribution in [0.3, 0.4) is 0 Å². The van der Waals surface area contributed by atoms with Crippen LogP contribution in [0.25, 0.3) is 0 Å². The van der Waals surface area contributed by atoms with Crippen LogP contribution in [0.4, 0.5) is 0 Å². The van der Waals surface area contributed by atoms with Gasteiger partial charge in [0.25, 0.3) is 0 Å². The van der Waals surface area contributed by atoms with Gasteiger partial charge in [0.2, 0.25) is 5.91 Å². The fourth-order valence-electron chi connectivity index (χ4n) is 5.54. The summed E-state index contributed by atoms with van der Waals surface area (Å²) in [7, 11) is -1.55. The summed E-state index contributed by atoms with van der Waals surface area (Å²) < 4.78 is 46.3. The lowest BCUT2D eigenvalue weighted by Gasteiger charge is -2.27. The Morgan fingerprint density at radius 1 is 0.980 bits per heavy atom. The first-order valence-corrected chi connectivity index (χ1v) is 19.6. The fourth-order valence-corrected chi connectivity index (χ4v) is 6.89. The maximum Gasteiger partial charge on any atom is 0.379 e. The molecule has 50 heavy (non-hydrogen) atoms. The van der Waals surface area contributed by atoms with Crippen molar-refractivity contribution in [3.8, 4) is 17.4 Å². The van der Waals surface area contributed by atoms with Gasteiger partial charge in [0.05, 0.1) is 34.4 Å². The van der Waals surface area contributed by atoms with Crippen LogP contribution in [0, 0.1) is 18.0 Å². The highest BCUT2D eigenvalue weighted by atomic mass is 35.5. The second-order valence-electron chi connectivity index (χ2n) is 12.6. The summed E-state index contributed by atoms with van der Waals surface area (Å²) in [6.45, 7) is 3.48. The minimum Gasteiger partial charge on any atom is -0.616 e. The lowest BCUT2D eigenvalue weighted by molar-refractivity contribution is -0.621. The number of aromatic nitrogens is 1. The zero-order valence-corrected chi connectivity index (χ0v) is 31.2. The first-order chi connectivity index (χ1) is 23.9. The Balaban J connectivity index is 1.38. The first kappa shape index (κ1) is 39.5. The number of rotatable bonds is 21. The standard InChI is InChI=1S/C36H47Cl2N3O8S/c1-25-18-32(37)35(33(38)19-25)49-16-15-47-31-11-7-26(8-12-31)20-28(23-39)36(42)40(29-9-10-29)24-27-21-30(6-4-13-46-2)41(43)34(22-27)48-14-5-17-50(3,44)45/h7-8,11-12,18-19,21-22,28-29H,4-6,9-10,13-17,20,23-24,39H2,1-3H3. The molecule has 11 nitrogen and oxygen atoms in total. The second-order valence-corrected chi connectivity index (χ2v) is 15.7. The number of methoxy groups -OCH3 is 1. The van der Waals surface area contributed by atoms with Crippen molar-refractivity contribution in [2.45, 2.75) is 58.0 Å². The Bertz CT molecular complexity index is 1660. The van der Waals surface area contributed by atoms with Gasteiger partial charge in [0.1, 0.15) is 28.8 Å². The predicted molar refractivity (Wildman–Crippen MR) is 194 cm³/mol. The largest absolute Gasteiger partial charge is 0.616 e. The molecule has 1 aromatic heterocycles. The molecule has 1 saturated carbocycles. The third-order valence-electron chi connectivity index (χ3n) is 8.22. The third kappa shape index (κ3) is 12.2. The molecule has 0 saturated heterocycles. The Labute approximate surface area is 305 Å². The number of nitrogens with zero attached hydrogens (tertiary/aromatic N) is 2. The van der Waals surface area contributed by atoms with E-state index in [4.69, 9.17) is 47.9 Å². The van der Waals surface area contributed by atoms with Crippen molar-refractivity contribution in [2.24, 2.45) is 11.7 Å². The number of nitrogens with two attached hydrogens (primary N) is 1. The molecule has 274 valence electrons. The van der Waals surface area contributed by atoms with Gasteiger partial charge in [0, 0.05) is 51.6 Å². The van der Waals surface area contributed by atoms with Crippen molar-refractivity contribution in [2.75, 3.05) is 52.1 Å². The van der Waals surface area contributed by atoms with E-state index in [1.165, 1.54) is 0 Å². The van der Waals surface area contributed by atoms with Gasteiger partial charge >= 0.3 is 5.88 Å². The Morgan fingerprint density at radius 2 is 1.66 bits per heavy atom. The van der Waals surface area contributed by atoms with E-state index in [-0.39, 0.29) is 56.4 Å². The summed E-state index contributed by atoms with van der Waals surface area (Å²) in [6, 6.07) is 14.7. The molecular weight excluding hydrogens is 705 g/mol. The maximum absolute atomic E-state index is 14.0. The Hall–Kier alpha value is -3.29. The topological polar surface area (TPSA) is 144 Å². The van der Waals surface area contributed by atoms with Gasteiger partial charge in [-0.15, -0.1) is 4.73 Å². The molecule has 1 atom stereocenters. The van der Waals surface area contributed by atoms with E-state index in [2.05, 4.69) is 0 Å². The number of carbonyl (C=O) groups is 1. The van der Waals surface area contributed by atoms with Gasteiger partial charge in [-0.1, -0.05) is 35.3 Å². The summed E-state index contributed by atoms with van der Waals surface area (Å²) in [5.41, 5.74) is 9.32. The van der Waals surface area contributed by atoms with Crippen LogP contribution in [0.1, 0.15) is 48.1 Å². The summed E-state index contributed by atoms with van der Waals surface area (Å²) in [5, 5.41) is 14.0. The monoisotopic (exact) mass is 751 g/mol. The smallest absolute Gasteiger partial charge is 0.379 e. The van der Waals surface area contributed by atoms with Crippen molar-refractivity contribution < 1.29 is 36.9 Å². The highest BCUT2D eigenvalue weighted by molar-refractivity contribution is 7.90. The first-order valence-electron chi connectivity index (χ1n) is 16.7. The second kappa shape index (κ2) is 18.8. The number of benzene rings is 2. The number of pyridine rings is 1. The molecule has 2 N–H and O–H groups in total. The molecule has 1 heterocycles. The number of halogens is 2. The Kier molecular flexibility index (Phi) is 14.9. The highest BCUT2D eigenvalue weighted by Gasteiger charge is 2.36. The lowest BCUT2D eigenvalue weighted by Crippen LogP contribution is -2.41. The van der Waals surface area contributed by atoms with Gasteiger partial charge < -0.3 is 34.8 Å². The molecule has 1 fully saturated rings. The SMILES string of the molecule is COCCCc1cc(CN(C(=O)C(CN)Cc2ccc(OCCOc3c(Cl)cc(C)cc3Cl)cc2)C2CC2)cc(OCCCS(C)(=O)=O)[n+]1[O-]. The van der Waals surface area contributed by atoms with Gasteiger partial charge in [-0.2, -0.15) is 0 Å². The molecule has 0 radical (unpaired) electrons. The van der Waals surface area contributed by atoms with Gasteiger partial charge in [-0.05, 0) is 80.0 Å². The summed E-state index contributed by atoms with van der Waals surface area (Å²) in [4.78, 5) is 15.8. The normalized spacial score (nSPS) is 13.6. The quantitative estimate of drug-likeness (QED) is 0.0894. The number of amides is 1. The number of ether oxygens (including phenoxy) is 4. The van der Waals surface area contributed by atoms with Crippen LogP contribution >= 0.6 is 23.2 Å². The van der Waals surface area contributed by atoms with E-state index < -0.39 is 15.8 Å². The van der Waals surface area contributed by atoms with E-state index in [9.17, 15) is 18.4 Å². The van der Waals surface area contributed by atoms with Crippen LogP contribution in [0.15, 0.2) is 48.5 Å². The fraction of sp³-hybridized carbons (Fsp3) is 0.500. The molecule has 1 aliphatic rings. The number of hydrogen-bond donors (Lipinski definition) is 1. The number of aryl methyl sites for hydroxylation is 2. The van der Waals surface area contributed by atoms with Crippen molar-refractivity contribution in [3.05, 3.63) is 86.2 Å². The van der Waals surface area contributed by atoms with E-state index in [1.807, 2.05) is 36.1 Å². The van der Waals surface area contributed by atoms with Crippen LogP contribution in [0.2, 0.25) is 10.0 Å². The van der Waals surface area contributed by atoms with E-state index in [1.54, 1.807) is 31.4 Å². The third-order valence-corrected chi connectivity index (χ3v) is 9.81. The van der Waals surface area contributed by atoms with Crippen molar-refractivity contribution >= 4 is 38.9 Å². The van der Waals surface area contributed by atoms with E-state index in [0.29, 0.717) is 59.7 Å². The van der Waals surface area contributed by atoms with Crippen LogP contribution in [-0.4, -0.2) is 77.4 Å². The zero-order valence-electron chi connectivity index (χ0n) is 28.9. The average molecular weight is 753 g/mol. The highest BCUT2D eigenvalue weighted by Crippen LogP contribution is 2.34. The molecule has 1 aliphatic carbocycles. The maximum atomic E-state index is 14.0. The summed E-state index contributed by atoms with van der Waals surface area (Å²) in [5.74, 6) is 0.636. The minimum absolute atomic E-state index is 0.0403. The molecule has 0 bridgehead atoms. The van der Waals surface area contributed by atoms with Gasteiger partial charge in [-0.3, -0.25) is 4.79 Å². The summed E-state index contributed by atoms with van der Waals surface area (Å²) >= 11 is 12.5. The molecule has 14 heteroatoms. The molecule has 2 aromatic carbocycles. The van der Waals surface area contributed by atoms with Crippen molar-refractivity contribution in [3.63, 3.8) is 0 Å². The predicted octanol–water partition coefficient (Wildman–Crippen LogP) is 5.09. The van der Waals surface area contributed by atoms with Crippen LogP contribution < -0.4 is 24.7 Å². The van der Waals surface area contributed by atoms with Crippen molar-refractivity contribution in [1.29, 1.82) is 0 Å². The molecular formula is C36H47Cl2N3O8S. The number of hydrogen-bond acceptors (Lipinski definition) is 9. The molecule has 0 spiro atoms. The van der Waals surface area contributed by atoms with Crippen LogP contribution in [0.5, 0.6) is 17.4 Å². The van der Waals surface area contributed by atoms with E-state index >= 15 is 0 Å².